The first-order chi connectivity index (χ1) is 15.1. The number of amidine groups is 1. The number of hydrogen-bond acceptors (Lipinski definition) is 5. The second-order valence-corrected chi connectivity index (χ2v) is 8.03. The Morgan fingerprint density at radius 2 is 2.16 bits per heavy atom. The Labute approximate surface area is 184 Å². The quantitative estimate of drug-likeness (QED) is 0.371. The Kier molecular flexibility index (Phi) is 8.39. The minimum absolute atomic E-state index is 0.185. The van der Waals surface area contributed by atoms with Crippen LogP contribution in [0.3, 0.4) is 0 Å². The Bertz CT molecular complexity index is 905. The fourth-order valence-corrected chi connectivity index (χ4v) is 4.30. The molecule has 1 aromatic carbocycles. The van der Waals surface area contributed by atoms with E-state index in [0.29, 0.717) is 5.92 Å². The van der Waals surface area contributed by atoms with Crippen LogP contribution in [0.15, 0.2) is 41.5 Å². The molecule has 1 aromatic rings. The van der Waals surface area contributed by atoms with Crippen molar-refractivity contribution in [3.05, 3.63) is 47.7 Å². The Morgan fingerprint density at radius 3 is 2.84 bits per heavy atom. The average molecular weight is 422 g/mol. The van der Waals surface area contributed by atoms with Gasteiger partial charge < -0.3 is 21.1 Å². The topological polar surface area (TPSA) is 115 Å². The van der Waals surface area contributed by atoms with Crippen molar-refractivity contribution < 1.29 is 9.90 Å². The van der Waals surface area contributed by atoms with Gasteiger partial charge in [0.2, 0.25) is 0 Å². The van der Waals surface area contributed by atoms with E-state index in [1.54, 1.807) is 0 Å². The number of nitrogens with zero attached hydrogens (tertiary/aromatic N) is 3. The number of nitrogens with one attached hydrogen (secondary N) is 1. The molecule has 0 aromatic heterocycles. The predicted octanol–water partition coefficient (Wildman–Crippen LogP) is 3.15. The lowest BCUT2D eigenvalue weighted by Crippen LogP contribution is -2.35. The van der Waals surface area contributed by atoms with Crippen molar-refractivity contribution in [1.29, 1.82) is 5.26 Å². The zero-order valence-electron chi connectivity index (χ0n) is 17.9. The molecule has 1 fully saturated rings. The largest absolute Gasteiger partial charge is 0.395 e. The second-order valence-electron chi connectivity index (χ2n) is 8.03. The highest BCUT2D eigenvalue weighted by Crippen LogP contribution is 2.36. The molecule has 1 aliphatic heterocycles. The molecule has 164 valence electrons. The molecular weight excluding hydrogens is 390 g/mol. The number of rotatable bonds is 6. The van der Waals surface area contributed by atoms with Gasteiger partial charge in [-0.05, 0) is 80.8 Å². The fraction of sp³-hybridized carbons (Fsp3) is 0.458. The molecule has 7 nitrogen and oxygen atoms in total. The first kappa shape index (κ1) is 22.7. The maximum Gasteiger partial charge on any atom is 0.290 e. The number of carbonyl (C=O) groups excluding carboxylic acids is 1. The van der Waals surface area contributed by atoms with E-state index in [4.69, 9.17) is 16.1 Å². The number of nitrogens with two attached hydrogens (primary N) is 1. The first-order valence-corrected chi connectivity index (χ1v) is 11.0. The van der Waals surface area contributed by atoms with E-state index in [1.807, 2.05) is 12.1 Å². The third-order valence-corrected chi connectivity index (χ3v) is 6.00. The van der Waals surface area contributed by atoms with Crippen molar-refractivity contribution >= 4 is 23.0 Å². The number of aliphatic hydroxyl groups is 1. The van der Waals surface area contributed by atoms with E-state index in [9.17, 15) is 4.79 Å². The number of aliphatic hydroxyl groups excluding tert-OH is 1. The number of nitriles is 1. The molecule has 3 rings (SSSR count). The van der Waals surface area contributed by atoms with E-state index >= 15 is 0 Å². The molecule has 0 spiro atoms. The number of β-amino-alcohol motifs (C(OH)–C–C–N with tert-alkyl or cyclic N) is 1. The molecule has 1 heterocycles. The lowest BCUT2D eigenvalue weighted by molar-refractivity contribution is -0.110. The summed E-state index contributed by atoms with van der Waals surface area (Å²) in [7, 11) is 0. The van der Waals surface area contributed by atoms with Crippen LogP contribution in [-0.2, 0) is 4.79 Å². The smallest absolute Gasteiger partial charge is 0.290 e. The van der Waals surface area contributed by atoms with Crippen LogP contribution in [0.2, 0.25) is 0 Å². The molecule has 31 heavy (non-hydrogen) atoms. The van der Waals surface area contributed by atoms with E-state index in [2.05, 4.69) is 33.4 Å². The highest BCUT2D eigenvalue weighted by molar-refractivity contribution is 6.41. The molecule has 0 saturated carbocycles. The number of carbonyl (C=O) groups is 1. The highest BCUT2D eigenvalue weighted by atomic mass is 16.3. The van der Waals surface area contributed by atoms with Gasteiger partial charge in [-0.1, -0.05) is 12.1 Å². The number of piperidine rings is 1. The Hall–Kier alpha value is -2.95. The second kappa shape index (κ2) is 11.4. The summed E-state index contributed by atoms with van der Waals surface area (Å²) in [6.45, 7) is 2.92. The standard InChI is InChI=1S/C24H31N5O2/c25-11-4-12-27-23(26)24(31)28-22-8-7-20(17-21(22)19-5-2-1-3-6-19)18-9-13-29(14-10-18)15-16-30/h4-5,7-8,12,17-18,30H,1-3,6,9-10,13-16H2,(H2,26,27)(H,28,31)/b12-4+. The number of likely N-dealkylation sites (tertiary alicyclic amines) is 1. The van der Waals surface area contributed by atoms with Crippen LogP contribution in [0.4, 0.5) is 5.69 Å². The van der Waals surface area contributed by atoms with Gasteiger partial charge in [0.25, 0.3) is 5.91 Å². The summed E-state index contributed by atoms with van der Waals surface area (Å²) in [5.74, 6) is -0.189. The van der Waals surface area contributed by atoms with Gasteiger partial charge in [0.05, 0.1) is 12.7 Å². The van der Waals surface area contributed by atoms with E-state index in [-0.39, 0.29) is 12.4 Å². The normalized spacial score (nSPS) is 18.6. The molecule has 7 heteroatoms. The summed E-state index contributed by atoms with van der Waals surface area (Å²) in [5, 5.41) is 20.6. The van der Waals surface area contributed by atoms with Crippen LogP contribution in [-0.4, -0.2) is 48.0 Å². The van der Waals surface area contributed by atoms with Gasteiger partial charge in [0.15, 0.2) is 5.84 Å². The highest BCUT2D eigenvalue weighted by Gasteiger charge is 2.22. The number of allylic oxidation sites excluding steroid dienone is 3. The van der Waals surface area contributed by atoms with E-state index in [1.165, 1.54) is 29.8 Å². The van der Waals surface area contributed by atoms with Crippen molar-refractivity contribution in [1.82, 2.24) is 4.90 Å². The monoisotopic (exact) mass is 421 g/mol. The maximum absolute atomic E-state index is 12.5. The summed E-state index contributed by atoms with van der Waals surface area (Å²) >= 11 is 0. The molecule has 4 N–H and O–H groups in total. The summed E-state index contributed by atoms with van der Waals surface area (Å²) < 4.78 is 0. The zero-order chi connectivity index (χ0) is 22.1. The predicted molar refractivity (Wildman–Crippen MR) is 123 cm³/mol. The van der Waals surface area contributed by atoms with Gasteiger partial charge in [-0.3, -0.25) is 4.79 Å². The SMILES string of the molecule is N#C/C=C/N=C(N)C(=O)Nc1ccc(C2CCN(CCO)CC2)cc1C1=CCCCC1. The fourth-order valence-electron chi connectivity index (χ4n) is 4.30. The zero-order valence-corrected chi connectivity index (χ0v) is 17.9. The third-order valence-electron chi connectivity index (χ3n) is 6.00. The Morgan fingerprint density at radius 1 is 1.35 bits per heavy atom. The van der Waals surface area contributed by atoms with Crippen molar-refractivity contribution in [2.24, 2.45) is 10.7 Å². The van der Waals surface area contributed by atoms with Crippen LogP contribution < -0.4 is 11.1 Å². The summed E-state index contributed by atoms with van der Waals surface area (Å²) in [5.41, 5.74) is 10.1. The van der Waals surface area contributed by atoms with Crippen LogP contribution >= 0.6 is 0 Å². The van der Waals surface area contributed by atoms with Gasteiger partial charge in [0.1, 0.15) is 0 Å². The van der Waals surface area contributed by atoms with Gasteiger partial charge in [-0.25, -0.2) is 4.99 Å². The molecule has 0 bridgehead atoms. The number of anilines is 1. The molecule has 0 radical (unpaired) electrons. The van der Waals surface area contributed by atoms with Crippen molar-refractivity contribution in [2.75, 3.05) is 31.6 Å². The molecule has 0 atom stereocenters. The van der Waals surface area contributed by atoms with Gasteiger partial charge in [-0.2, -0.15) is 5.26 Å². The summed E-state index contributed by atoms with van der Waals surface area (Å²) in [6, 6.07) is 8.10. The first-order valence-electron chi connectivity index (χ1n) is 11.0. The van der Waals surface area contributed by atoms with Gasteiger partial charge >= 0.3 is 0 Å². The molecule has 0 unspecified atom stereocenters. The van der Waals surface area contributed by atoms with Crippen LogP contribution in [0.1, 0.15) is 55.6 Å². The van der Waals surface area contributed by atoms with Crippen molar-refractivity contribution in [2.45, 2.75) is 44.4 Å². The van der Waals surface area contributed by atoms with Gasteiger partial charge in [-0.15, -0.1) is 0 Å². The minimum atomic E-state index is -0.481. The number of benzene rings is 1. The molecular formula is C24H31N5O2. The minimum Gasteiger partial charge on any atom is -0.395 e. The van der Waals surface area contributed by atoms with Crippen LogP contribution in [0.25, 0.3) is 5.57 Å². The molecule has 1 amide bonds. The average Bonchev–Trinajstić information content (AvgIpc) is 2.81. The third kappa shape index (κ3) is 6.27. The van der Waals surface area contributed by atoms with E-state index < -0.39 is 5.91 Å². The number of hydrogen-bond donors (Lipinski definition) is 3. The van der Waals surface area contributed by atoms with Crippen molar-refractivity contribution in [3.8, 4) is 6.07 Å². The summed E-state index contributed by atoms with van der Waals surface area (Å²) in [6.07, 6.45) is 11.2. The van der Waals surface area contributed by atoms with Crippen LogP contribution in [0, 0.1) is 11.3 Å². The van der Waals surface area contributed by atoms with E-state index in [0.717, 1.165) is 63.0 Å². The Balaban J connectivity index is 1.82. The molecule has 2 aliphatic rings. The van der Waals surface area contributed by atoms with Gasteiger partial charge in [0, 0.05) is 30.1 Å². The maximum atomic E-state index is 12.5. The molecule has 1 aliphatic carbocycles. The molecule has 1 saturated heterocycles. The lowest BCUT2D eigenvalue weighted by Gasteiger charge is -2.32. The van der Waals surface area contributed by atoms with Crippen molar-refractivity contribution in [3.63, 3.8) is 0 Å². The number of amides is 1. The lowest BCUT2D eigenvalue weighted by atomic mass is 9.85. The van der Waals surface area contributed by atoms with Crippen LogP contribution in [0.5, 0.6) is 0 Å². The number of aliphatic imine (C=N–C) groups is 1. The summed E-state index contributed by atoms with van der Waals surface area (Å²) in [4.78, 5) is 18.6.